The van der Waals surface area contributed by atoms with Crippen LogP contribution < -0.4 is 0 Å². The fourth-order valence-corrected chi connectivity index (χ4v) is 0.717. The molecular weight excluding hydrogens is 114 g/mol. The highest BCUT2D eigenvalue weighted by molar-refractivity contribution is 4.87. The highest BCUT2D eigenvalue weighted by Gasteiger charge is 1.92. The summed E-state index contributed by atoms with van der Waals surface area (Å²) in [5.41, 5.74) is 0. The Morgan fingerprint density at radius 2 is 2.56 bits per heavy atom. The van der Waals surface area contributed by atoms with E-state index in [0.717, 1.165) is 12.2 Å². The highest BCUT2D eigenvalue weighted by Crippen LogP contribution is 2.01. The topological polar surface area (TPSA) is 26.0 Å². The first-order valence-electron chi connectivity index (χ1n) is 3.31. The Morgan fingerprint density at radius 1 is 1.67 bits per heavy atom. The van der Waals surface area contributed by atoms with Gasteiger partial charge in [-0.25, -0.2) is 4.98 Å². The number of unbranched alkanes of at least 4 members (excludes halogenated alkanes) is 1. The smallest absolute Gasteiger partial charge is 0.180 e. The molecule has 2 heteroatoms. The Hall–Kier alpha value is -0.790. The van der Waals surface area contributed by atoms with Gasteiger partial charge in [0.15, 0.2) is 6.39 Å². The molecule has 0 aliphatic heterocycles. The van der Waals surface area contributed by atoms with Gasteiger partial charge >= 0.3 is 0 Å². The van der Waals surface area contributed by atoms with E-state index in [1.54, 1.807) is 6.20 Å². The molecule has 2 nitrogen and oxygen atoms in total. The molecule has 1 aromatic heterocycles. The first-order valence-corrected chi connectivity index (χ1v) is 3.31. The summed E-state index contributed by atoms with van der Waals surface area (Å²) in [6.45, 7) is 2.16. The molecule has 50 valence electrons. The Kier molecular flexibility index (Phi) is 2.31. The number of aromatic nitrogens is 1. The lowest BCUT2D eigenvalue weighted by molar-refractivity contribution is 0.495. The summed E-state index contributed by atoms with van der Waals surface area (Å²) >= 11 is 0. The summed E-state index contributed by atoms with van der Waals surface area (Å²) in [5, 5.41) is 0. The molecule has 0 aromatic carbocycles. The largest absolute Gasteiger partial charge is 0.449 e. The lowest BCUT2D eigenvalue weighted by atomic mass is 10.2. The molecule has 0 aliphatic rings. The van der Waals surface area contributed by atoms with Gasteiger partial charge in [0.25, 0.3) is 0 Å². The number of aryl methyl sites for hydroxylation is 1. The fraction of sp³-hybridized carbons (Fsp3) is 0.571. The van der Waals surface area contributed by atoms with E-state index in [1.807, 2.05) is 0 Å². The van der Waals surface area contributed by atoms with Crippen molar-refractivity contribution in [2.75, 3.05) is 0 Å². The van der Waals surface area contributed by atoms with Crippen LogP contribution in [-0.4, -0.2) is 4.98 Å². The van der Waals surface area contributed by atoms with Crippen LogP contribution in [0.3, 0.4) is 0 Å². The number of hydrogen-bond acceptors (Lipinski definition) is 2. The lowest BCUT2D eigenvalue weighted by Crippen LogP contribution is -1.78. The normalized spacial score (nSPS) is 9.89. The molecule has 0 unspecified atom stereocenters. The summed E-state index contributed by atoms with van der Waals surface area (Å²) < 4.78 is 5.02. The molecule has 0 bridgehead atoms. The second-order valence-electron chi connectivity index (χ2n) is 2.07. The van der Waals surface area contributed by atoms with E-state index in [1.165, 1.54) is 19.2 Å². The summed E-state index contributed by atoms with van der Waals surface area (Å²) in [6.07, 6.45) is 6.67. The molecule has 0 saturated heterocycles. The molecule has 0 aliphatic carbocycles. The van der Waals surface area contributed by atoms with E-state index in [9.17, 15) is 0 Å². The summed E-state index contributed by atoms with van der Waals surface area (Å²) in [4.78, 5) is 3.81. The molecule has 1 aromatic rings. The number of oxazole rings is 1. The van der Waals surface area contributed by atoms with Crippen LogP contribution in [0.25, 0.3) is 0 Å². The van der Waals surface area contributed by atoms with Gasteiger partial charge in [0.2, 0.25) is 0 Å². The maximum atomic E-state index is 5.02. The minimum Gasteiger partial charge on any atom is -0.449 e. The van der Waals surface area contributed by atoms with Gasteiger partial charge in [-0.15, -0.1) is 0 Å². The monoisotopic (exact) mass is 125 g/mol. The molecule has 0 saturated carbocycles. The van der Waals surface area contributed by atoms with Gasteiger partial charge in [-0.2, -0.15) is 0 Å². The van der Waals surface area contributed by atoms with Crippen LogP contribution >= 0.6 is 0 Å². The van der Waals surface area contributed by atoms with Crippen LogP contribution in [0.5, 0.6) is 0 Å². The SMILES string of the molecule is CCCCc1cnco1. The Balaban J connectivity index is 2.30. The van der Waals surface area contributed by atoms with E-state index < -0.39 is 0 Å². The summed E-state index contributed by atoms with van der Waals surface area (Å²) in [7, 11) is 0. The van der Waals surface area contributed by atoms with E-state index in [2.05, 4.69) is 11.9 Å². The molecule has 1 heterocycles. The molecule has 0 amide bonds. The van der Waals surface area contributed by atoms with Gasteiger partial charge in [0.05, 0.1) is 6.20 Å². The molecule has 0 N–H and O–H groups in total. The molecule has 0 fully saturated rings. The number of hydrogen-bond donors (Lipinski definition) is 0. The van der Waals surface area contributed by atoms with Gasteiger partial charge in [-0.1, -0.05) is 13.3 Å². The molecular formula is C7H11NO. The zero-order valence-corrected chi connectivity index (χ0v) is 5.63. The van der Waals surface area contributed by atoms with Crippen LogP contribution in [0.15, 0.2) is 17.0 Å². The summed E-state index contributed by atoms with van der Waals surface area (Å²) in [6, 6.07) is 0. The lowest BCUT2D eigenvalue weighted by Gasteiger charge is -1.88. The molecule has 9 heavy (non-hydrogen) atoms. The predicted molar refractivity (Wildman–Crippen MR) is 35.1 cm³/mol. The van der Waals surface area contributed by atoms with Crippen molar-refractivity contribution >= 4 is 0 Å². The Labute approximate surface area is 54.9 Å². The van der Waals surface area contributed by atoms with Crippen molar-refractivity contribution < 1.29 is 4.42 Å². The standard InChI is InChI=1S/C7H11NO/c1-2-3-4-7-5-8-6-9-7/h5-6H,2-4H2,1H3. The number of nitrogens with zero attached hydrogens (tertiary/aromatic N) is 1. The van der Waals surface area contributed by atoms with Gasteiger partial charge in [-0.05, 0) is 6.42 Å². The third kappa shape index (κ3) is 1.88. The van der Waals surface area contributed by atoms with E-state index in [4.69, 9.17) is 4.42 Å². The zero-order chi connectivity index (χ0) is 6.53. The van der Waals surface area contributed by atoms with Gasteiger partial charge in [0.1, 0.15) is 5.76 Å². The van der Waals surface area contributed by atoms with Crippen LogP contribution in [0, 0.1) is 0 Å². The number of rotatable bonds is 3. The minimum atomic E-state index is 0.997. The van der Waals surface area contributed by atoms with Crippen molar-refractivity contribution in [3.05, 3.63) is 18.4 Å². The first kappa shape index (κ1) is 6.33. The maximum Gasteiger partial charge on any atom is 0.180 e. The quantitative estimate of drug-likeness (QED) is 0.617. The zero-order valence-electron chi connectivity index (χ0n) is 5.63. The van der Waals surface area contributed by atoms with Crippen molar-refractivity contribution in [1.29, 1.82) is 0 Å². The van der Waals surface area contributed by atoms with Gasteiger partial charge in [-0.3, -0.25) is 0 Å². The third-order valence-electron chi connectivity index (χ3n) is 1.26. The Morgan fingerprint density at radius 3 is 3.11 bits per heavy atom. The molecule has 0 radical (unpaired) electrons. The average Bonchev–Trinajstić information content (AvgIpc) is 2.34. The second kappa shape index (κ2) is 3.28. The second-order valence-corrected chi connectivity index (χ2v) is 2.07. The van der Waals surface area contributed by atoms with Crippen molar-refractivity contribution in [3.63, 3.8) is 0 Å². The molecule has 0 spiro atoms. The van der Waals surface area contributed by atoms with Crippen LogP contribution in [0.1, 0.15) is 25.5 Å². The van der Waals surface area contributed by atoms with Crippen molar-refractivity contribution in [2.24, 2.45) is 0 Å². The van der Waals surface area contributed by atoms with E-state index in [-0.39, 0.29) is 0 Å². The average molecular weight is 125 g/mol. The van der Waals surface area contributed by atoms with Crippen LogP contribution in [-0.2, 0) is 6.42 Å². The van der Waals surface area contributed by atoms with Gasteiger partial charge in [0, 0.05) is 6.42 Å². The highest BCUT2D eigenvalue weighted by atomic mass is 16.3. The van der Waals surface area contributed by atoms with Crippen LogP contribution in [0.4, 0.5) is 0 Å². The van der Waals surface area contributed by atoms with Gasteiger partial charge < -0.3 is 4.42 Å². The summed E-state index contributed by atoms with van der Waals surface area (Å²) in [5.74, 6) is 0.997. The van der Waals surface area contributed by atoms with Crippen LogP contribution in [0.2, 0.25) is 0 Å². The predicted octanol–water partition coefficient (Wildman–Crippen LogP) is 2.02. The minimum absolute atomic E-state index is 0.997. The van der Waals surface area contributed by atoms with Crippen molar-refractivity contribution in [3.8, 4) is 0 Å². The van der Waals surface area contributed by atoms with E-state index >= 15 is 0 Å². The van der Waals surface area contributed by atoms with Crippen molar-refractivity contribution in [2.45, 2.75) is 26.2 Å². The van der Waals surface area contributed by atoms with Crippen molar-refractivity contribution in [1.82, 2.24) is 4.98 Å². The maximum absolute atomic E-state index is 5.02. The van der Waals surface area contributed by atoms with E-state index in [0.29, 0.717) is 0 Å². The molecule has 0 atom stereocenters. The first-order chi connectivity index (χ1) is 4.43. The third-order valence-corrected chi connectivity index (χ3v) is 1.26. The Bertz CT molecular complexity index is 146. The fourth-order valence-electron chi connectivity index (χ4n) is 0.717. The molecule has 1 rings (SSSR count).